The molecule has 53 heavy (non-hydrogen) atoms. The number of benzene rings is 3. The number of carbonyl (C=O) groups excluding carboxylic acids is 3. The van der Waals surface area contributed by atoms with E-state index in [9.17, 15) is 14.4 Å². The lowest BCUT2D eigenvalue weighted by Gasteiger charge is -2.29. The zero-order valence-corrected chi connectivity index (χ0v) is 30.8. The smallest absolute Gasteiger partial charge is 0.407 e. The summed E-state index contributed by atoms with van der Waals surface area (Å²) in [5.74, 6) is 1.25. The van der Waals surface area contributed by atoms with Crippen molar-refractivity contribution in [3.8, 4) is 22.5 Å². The molecule has 2 saturated carbocycles. The summed E-state index contributed by atoms with van der Waals surface area (Å²) in [4.78, 5) is 44.6. The number of H-pyrrole nitrogens is 1. The number of hydrogen-bond donors (Lipinski definition) is 3. The molecule has 2 heterocycles. The monoisotopic (exact) mass is 717 g/mol. The number of hydrogen-bond acceptors (Lipinski definition) is 9. The SMILES string of the molecule is Cc1cc2oc(C3CC3)nc2cc1-c1ccc(C[C@H](CC(=O)C2CCC(CNC(=O)OC(C)(C)C)CC2)C(=O)Nc2ccc(-c3nn[nH]n3)cc2)cc1. The molecule has 0 radical (unpaired) electrons. The van der Waals surface area contributed by atoms with E-state index in [1.54, 1.807) is 12.1 Å². The number of ether oxygens (including phenoxy) is 1. The zero-order valence-electron chi connectivity index (χ0n) is 30.8. The Labute approximate surface area is 308 Å². The van der Waals surface area contributed by atoms with E-state index in [0.717, 1.165) is 83.3 Å². The van der Waals surface area contributed by atoms with Crippen molar-refractivity contribution in [2.45, 2.75) is 90.6 Å². The normalized spacial score (nSPS) is 18.0. The van der Waals surface area contributed by atoms with Crippen LogP contribution < -0.4 is 10.6 Å². The fourth-order valence-corrected chi connectivity index (χ4v) is 7.14. The number of fused-ring (bicyclic) bond motifs is 1. The molecule has 1 atom stereocenters. The molecular weight excluding hydrogens is 670 g/mol. The lowest BCUT2D eigenvalue weighted by molar-refractivity contribution is -0.129. The maximum Gasteiger partial charge on any atom is 0.407 e. The molecule has 12 heteroatoms. The van der Waals surface area contributed by atoms with Gasteiger partial charge >= 0.3 is 6.09 Å². The molecule has 7 rings (SSSR count). The maximum atomic E-state index is 13.9. The van der Waals surface area contributed by atoms with Crippen LogP contribution in [0.5, 0.6) is 0 Å². The van der Waals surface area contributed by atoms with Crippen molar-refractivity contribution in [2.24, 2.45) is 17.8 Å². The summed E-state index contributed by atoms with van der Waals surface area (Å²) in [6.07, 6.45) is 5.54. The van der Waals surface area contributed by atoms with Crippen molar-refractivity contribution in [3.05, 3.63) is 77.7 Å². The third-order valence-corrected chi connectivity index (χ3v) is 10.2. The first kappa shape index (κ1) is 36.0. The number of alkyl carbamates (subject to hydrolysis) is 1. The molecule has 2 amide bonds. The molecule has 276 valence electrons. The van der Waals surface area contributed by atoms with Gasteiger partial charge in [0, 0.05) is 42.0 Å². The van der Waals surface area contributed by atoms with E-state index in [1.165, 1.54) is 0 Å². The molecule has 3 N–H and O–H groups in total. The maximum absolute atomic E-state index is 13.9. The summed E-state index contributed by atoms with van der Waals surface area (Å²) < 4.78 is 11.4. The Morgan fingerprint density at radius 1 is 0.943 bits per heavy atom. The first-order chi connectivity index (χ1) is 25.5. The predicted molar refractivity (Wildman–Crippen MR) is 201 cm³/mol. The number of nitrogens with one attached hydrogen (secondary N) is 3. The highest BCUT2D eigenvalue weighted by Crippen LogP contribution is 2.41. The minimum atomic E-state index is -0.564. The summed E-state index contributed by atoms with van der Waals surface area (Å²) in [7, 11) is 0. The molecule has 0 saturated heterocycles. The van der Waals surface area contributed by atoms with E-state index in [-0.39, 0.29) is 29.9 Å². The largest absolute Gasteiger partial charge is 0.444 e. The van der Waals surface area contributed by atoms with E-state index >= 15 is 0 Å². The van der Waals surface area contributed by atoms with Gasteiger partial charge in [-0.2, -0.15) is 5.21 Å². The first-order valence-electron chi connectivity index (χ1n) is 18.6. The number of carbonyl (C=O) groups is 3. The van der Waals surface area contributed by atoms with E-state index < -0.39 is 17.6 Å². The Hall–Kier alpha value is -5.39. The Kier molecular flexibility index (Phi) is 10.4. The van der Waals surface area contributed by atoms with Crippen molar-refractivity contribution >= 4 is 34.6 Å². The number of aromatic amines is 1. The number of nitrogens with zero attached hydrogens (tertiary/aromatic N) is 4. The molecular formula is C41H47N7O5. The lowest BCUT2D eigenvalue weighted by atomic mass is 9.77. The summed E-state index contributed by atoms with van der Waals surface area (Å²) in [6.45, 7) is 8.12. The highest BCUT2D eigenvalue weighted by molar-refractivity contribution is 5.96. The van der Waals surface area contributed by atoms with Gasteiger partial charge < -0.3 is 19.8 Å². The number of aromatic nitrogens is 5. The van der Waals surface area contributed by atoms with E-state index in [0.29, 0.717) is 30.4 Å². The molecule has 2 fully saturated rings. The van der Waals surface area contributed by atoms with Crippen LogP contribution in [0.1, 0.15) is 88.7 Å². The summed E-state index contributed by atoms with van der Waals surface area (Å²) in [5, 5.41) is 20.0. The van der Waals surface area contributed by atoms with Crippen molar-refractivity contribution in [3.63, 3.8) is 0 Å². The predicted octanol–water partition coefficient (Wildman–Crippen LogP) is 7.95. The highest BCUT2D eigenvalue weighted by Gasteiger charge is 2.31. The van der Waals surface area contributed by atoms with Gasteiger partial charge in [0.1, 0.15) is 16.9 Å². The van der Waals surface area contributed by atoms with Crippen LogP contribution in [0.3, 0.4) is 0 Å². The number of oxazole rings is 1. The van der Waals surface area contributed by atoms with Crippen LogP contribution >= 0.6 is 0 Å². The quantitative estimate of drug-likeness (QED) is 0.116. The first-order valence-corrected chi connectivity index (χ1v) is 18.6. The van der Waals surface area contributed by atoms with E-state index in [2.05, 4.69) is 62.4 Å². The standard InChI is InChI=1S/C41H47N7O5/c1-24-19-36-34(44-39(52-36)30-13-14-30)22-33(24)27-9-5-25(6-10-27)20-31(38(50)43-32-17-15-29(16-18-32)37-45-47-48-46-37)21-35(49)28-11-7-26(8-12-28)23-42-40(51)53-41(2,3)4/h5-6,9-10,15-19,22,26,28,30-31H,7-8,11-14,20-21,23H2,1-4H3,(H,42,51)(H,43,50)(H,45,46,47,48)/t26?,28?,31-/m1/s1. The summed E-state index contributed by atoms with van der Waals surface area (Å²) >= 11 is 0. The molecule has 0 spiro atoms. The van der Waals surface area contributed by atoms with E-state index in [1.807, 2.05) is 45.0 Å². The molecule has 2 aromatic heterocycles. The van der Waals surface area contributed by atoms with Crippen LogP contribution in [0, 0.1) is 24.7 Å². The third kappa shape index (κ3) is 9.16. The third-order valence-electron chi connectivity index (χ3n) is 10.2. The van der Waals surface area contributed by atoms with Crippen LogP contribution in [0.15, 0.2) is 65.1 Å². The number of tetrazole rings is 1. The fourth-order valence-electron chi connectivity index (χ4n) is 7.14. The number of rotatable bonds is 12. The van der Waals surface area contributed by atoms with Gasteiger partial charge in [-0.05, 0) is 142 Å². The zero-order chi connectivity index (χ0) is 37.1. The van der Waals surface area contributed by atoms with Gasteiger partial charge in [-0.25, -0.2) is 9.78 Å². The topological polar surface area (TPSA) is 165 Å². The molecule has 0 aliphatic heterocycles. The molecule has 12 nitrogen and oxygen atoms in total. The average Bonchev–Trinajstić information content (AvgIpc) is 3.67. The molecule has 0 unspecified atom stereocenters. The van der Waals surface area contributed by atoms with Crippen molar-refractivity contribution < 1.29 is 23.5 Å². The molecule has 2 aliphatic carbocycles. The number of amides is 2. The van der Waals surface area contributed by atoms with Gasteiger partial charge in [0.25, 0.3) is 0 Å². The molecule has 2 aliphatic rings. The fraction of sp³-hybridized carbons (Fsp3) is 0.439. The Morgan fingerprint density at radius 3 is 2.32 bits per heavy atom. The van der Waals surface area contributed by atoms with Crippen LogP contribution in [0.4, 0.5) is 10.5 Å². The van der Waals surface area contributed by atoms with Crippen LogP contribution in [-0.2, 0) is 20.7 Å². The molecule has 0 bridgehead atoms. The van der Waals surface area contributed by atoms with E-state index in [4.69, 9.17) is 14.1 Å². The highest BCUT2D eigenvalue weighted by atomic mass is 16.6. The van der Waals surface area contributed by atoms with Gasteiger partial charge in [0.2, 0.25) is 11.7 Å². The second-order valence-electron chi connectivity index (χ2n) is 15.6. The van der Waals surface area contributed by atoms with Crippen LogP contribution in [0.25, 0.3) is 33.6 Å². The Balaban J connectivity index is 1.02. The number of Topliss-reactive ketones (excluding diaryl/α,β-unsaturated/α-hetero) is 1. The lowest BCUT2D eigenvalue weighted by Crippen LogP contribution is -2.37. The Bertz CT molecular complexity index is 2050. The Morgan fingerprint density at radius 2 is 1.66 bits per heavy atom. The molecule has 5 aromatic rings. The summed E-state index contributed by atoms with van der Waals surface area (Å²) in [6, 6.07) is 19.6. The van der Waals surface area contributed by atoms with Crippen molar-refractivity contribution in [1.29, 1.82) is 0 Å². The minimum Gasteiger partial charge on any atom is -0.444 e. The van der Waals surface area contributed by atoms with Gasteiger partial charge in [-0.3, -0.25) is 9.59 Å². The minimum absolute atomic E-state index is 0.106. The second kappa shape index (κ2) is 15.3. The van der Waals surface area contributed by atoms with Crippen molar-refractivity contribution in [1.82, 2.24) is 30.9 Å². The number of anilines is 1. The van der Waals surface area contributed by atoms with Gasteiger partial charge in [-0.1, -0.05) is 24.3 Å². The average molecular weight is 718 g/mol. The summed E-state index contributed by atoms with van der Waals surface area (Å²) in [5.41, 5.74) is 6.74. The van der Waals surface area contributed by atoms with Gasteiger partial charge in [-0.15, -0.1) is 10.2 Å². The van der Waals surface area contributed by atoms with Gasteiger partial charge in [0.05, 0.1) is 0 Å². The van der Waals surface area contributed by atoms with Gasteiger partial charge in [0.15, 0.2) is 11.5 Å². The van der Waals surface area contributed by atoms with Crippen molar-refractivity contribution in [2.75, 3.05) is 11.9 Å². The number of ketones is 1. The van der Waals surface area contributed by atoms with Crippen LogP contribution in [-0.4, -0.2) is 55.5 Å². The van der Waals surface area contributed by atoms with Crippen LogP contribution in [0.2, 0.25) is 0 Å². The second-order valence-corrected chi connectivity index (χ2v) is 15.6. The number of aryl methyl sites for hydroxylation is 1. The molecule has 3 aromatic carbocycles.